The van der Waals surface area contributed by atoms with Crippen molar-refractivity contribution < 1.29 is 14.4 Å². The molecular formula is C8H7Cl2N3O3S. The smallest absolute Gasteiger partial charge is 0.276 e. The van der Waals surface area contributed by atoms with Crippen molar-refractivity contribution in [3.63, 3.8) is 0 Å². The van der Waals surface area contributed by atoms with E-state index in [9.17, 15) is 9.59 Å². The van der Waals surface area contributed by atoms with Gasteiger partial charge in [0, 0.05) is 24.1 Å². The average Bonchev–Trinajstić information content (AvgIpc) is 2.73. The summed E-state index contributed by atoms with van der Waals surface area (Å²) in [5.74, 6) is -0.394. The quantitative estimate of drug-likeness (QED) is 0.367. The van der Waals surface area contributed by atoms with Crippen LogP contribution in [0.2, 0.25) is 0 Å². The zero-order chi connectivity index (χ0) is 13.0. The molecule has 0 saturated heterocycles. The van der Waals surface area contributed by atoms with Crippen molar-refractivity contribution in [1.29, 1.82) is 0 Å². The Morgan fingerprint density at radius 1 is 1.59 bits per heavy atom. The van der Waals surface area contributed by atoms with E-state index >= 15 is 0 Å². The molecule has 0 aromatic carbocycles. The number of anilines is 1. The second-order valence-electron chi connectivity index (χ2n) is 2.71. The highest BCUT2D eigenvalue weighted by molar-refractivity contribution is 7.14. The third-order valence-electron chi connectivity index (χ3n) is 1.55. The van der Waals surface area contributed by atoms with Gasteiger partial charge in [0.25, 0.3) is 5.24 Å². The molecule has 0 fully saturated rings. The van der Waals surface area contributed by atoms with Gasteiger partial charge < -0.3 is 4.84 Å². The number of halogens is 2. The van der Waals surface area contributed by atoms with Gasteiger partial charge in [0.1, 0.15) is 12.8 Å². The first-order chi connectivity index (χ1) is 7.97. The van der Waals surface area contributed by atoms with E-state index in [1.807, 2.05) is 0 Å². The minimum absolute atomic E-state index is 0.148. The Morgan fingerprint density at radius 3 is 2.71 bits per heavy atom. The molecule has 0 saturated carbocycles. The molecule has 17 heavy (non-hydrogen) atoms. The molecule has 0 radical (unpaired) electrons. The standard InChI is InChI=1S/C8H7Cl2N3O3S/c1-4(14)13(10)8-11-5(3-17-8)6(7(9)15)12-16-2/h3H,1-2H3/b12-6-. The van der Waals surface area contributed by atoms with Crippen LogP contribution >= 0.6 is 34.7 Å². The van der Waals surface area contributed by atoms with E-state index in [2.05, 4.69) is 15.0 Å². The Hall–Kier alpha value is -1.18. The number of aromatic nitrogens is 1. The molecule has 0 aliphatic carbocycles. The summed E-state index contributed by atoms with van der Waals surface area (Å²) in [6.45, 7) is 1.28. The fourth-order valence-electron chi connectivity index (χ4n) is 0.873. The summed E-state index contributed by atoms with van der Waals surface area (Å²) in [5.41, 5.74) is 0.0454. The number of rotatable bonds is 4. The molecule has 1 rings (SSSR count). The number of oxime groups is 1. The highest BCUT2D eigenvalue weighted by Gasteiger charge is 2.19. The normalized spacial score (nSPS) is 11.2. The average molecular weight is 296 g/mol. The second kappa shape index (κ2) is 5.95. The zero-order valence-corrected chi connectivity index (χ0v) is 11.1. The Labute approximate surface area is 111 Å². The summed E-state index contributed by atoms with van der Waals surface area (Å²) in [6.07, 6.45) is 0. The second-order valence-corrected chi connectivity index (χ2v) is 4.23. The molecule has 1 aromatic heterocycles. The maximum absolute atomic E-state index is 11.1. The van der Waals surface area contributed by atoms with Crippen molar-refractivity contribution in [3.05, 3.63) is 11.1 Å². The summed E-state index contributed by atoms with van der Waals surface area (Å²) in [4.78, 5) is 30.5. The molecule has 9 heteroatoms. The molecule has 1 heterocycles. The number of carbonyl (C=O) groups is 2. The highest BCUT2D eigenvalue weighted by atomic mass is 35.5. The first-order valence-electron chi connectivity index (χ1n) is 4.20. The van der Waals surface area contributed by atoms with Crippen molar-refractivity contribution in [2.24, 2.45) is 5.16 Å². The first-order valence-corrected chi connectivity index (χ1v) is 5.80. The third-order valence-corrected chi connectivity index (χ3v) is 3.05. The topological polar surface area (TPSA) is 71.9 Å². The molecule has 0 aliphatic heterocycles. The molecule has 1 amide bonds. The fourth-order valence-corrected chi connectivity index (χ4v) is 1.91. The predicted molar refractivity (Wildman–Crippen MR) is 65.5 cm³/mol. The van der Waals surface area contributed by atoms with Crippen molar-refractivity contribution in [3.8, 4) is 0 Å². The summed E-state index contributed by atoms with van der Waals surface area (Å²) in [7, 11) is 1.27. The Balaban J connectivity index is 3.05. The van der Waals surface area contributed by atoms with E-state index in [1.165, 1.54) is 19.4 Å². The summed E-state index contributed by atoms with van der Waals surface area (Å²) in [6, 6.07) is 0. The van der Waals surface area contributed by atoms with Crippen LogP contribution in [0, 0.1) is 0 Å². The van der Waals surface area contributed by atoms with Crippen molar-refractivity contribution in [2.75, 3.05) is 11.5 Å². The highest BCUT2D eigenvalue weighted by Crippen LogP contribution is 2.23. The van der Waals surface area contributed by atoms with Gasteiger partial charge in [-0.25, -0.2) is 4.98 Å². The van der Waals surface area contributed by atoms with Crippen LogP contribution in [-0.2, 0) is 14.4 Å². The van der Waals surface area contributed by atoms with Gasteiger partial charge >= 0.3 is 0 Å². The van der Waals surface area contributed by atoms with E-state index < -0.39 is 11.1 Å². The lowest BCUT2D eigenvalue weighted by Gasteiger charge is -2.05. The first kappa shape index (κ1) is 13.9. The molecule has 6 nitrogen and oxygen atoms in total. The monoisotopic (exact) mass is 295 g/mol. The molecular weight excluding hydrogens is 289 g/mol. The van der Waals surface area contributed by atoms with Gasteiger partial charge in [-0.05, 0) is 11.6 Å². The van der Waals surface area contributed by atoms with Crippen molar-refractivity contribution >= 4 is 56.7 Å². The van der Waals surface area contributed by atoms with E-state index in [0.717, 1.165) is 15.8 Å². The number of hydrogen-bond acceptors (Lipinski definition) is 6. The van der Waals surface area contributed by atoms with Gasteiger partial charge in [0.2, 0.25) is 11.0 Å². The molecule has 0 aliphatic rings. The van der Waals surface area contributed by atoms with Gasteiger partial charge in [0.15, 0.2) is 5.71 Å². The lowest BCUT2D eigenvalue weighted by molar-refractivity contribution is -0.115. The summed E-state index contributed by atoms with van der Waals surface area (Å²) in [5, 5.41) is 4.34. The number of amides is 1. The fraction of sp³-hybridized carbons (Fsp3) is 0.250. The van der Waals surface area contributed by atoms with Crippen LogP contribution in [0.3, 0.4) is 0 Å². The van der Waals surface area contributed by atoms with Crippen LogP contribution in [0.25, 0.3) is 0 Å². The summed E-state index contributed by atoms with van der Waals surface area (Å²) < 4.78 is 0.831. The molecule has 1 aromatic rings. The Bertz CT molecular complexity index is 474. The van der Waals surface area contributed by atoms with Crippen LogP contribution in [0.1, 0.15) is 12.6 Å². The summed E-state index contributed by atoms with van der Waals surface area (Å²) >= 11 is 12.0. The van der Waals surface area contributed by atoms with E-state index in [4.69, 9.17) is 23.4 Å². The van der Waals surface area contributed by atoms with Crippen LogP contribution in [-0.4, -0.2) is 29.0 Å². The van der Waals surface area contributed by atoms with Gasteiger partial charge in [0.05, 0.1) is 0 Å². The maximum Gasteiger partial charge on any atom is 0.276 e. The molecule has 0 bridgehead atoms. The number of nitrogens with zero attached hydrogens (tertiary/aromatic N) is 3. The van der Waals surface area contributed by atoms with E-state index in [0.29, 0.717) is 0 Å². The van der Waals surface area contributed by atoms with E-state index in [-0.39, 0.29) is 16.5 Å². The molecule has 0 unspecified atom stereocenters. The molecule has 0 spiro atoms. The van der Waals surface area contributed by atoms with Gasteiger partial charge in [-0.15, -0.1) is 11.3 Å². The Morgan fingerprint density at radius 2 is 2.24 bits per heavy atom. The van der Waals surface area contributed by atoms with Gasteiger partial charge in [-0.2, -0.15) is 4.42 Å². The van der Waals surface area contributed by atoms with Gasteiger partial charge in [-0.1, -0.05) is 5.16 Å². The predicted octanol–water partition coefficient (Wildman–Crippen LogP) is 1.77. The molecule has 0 N–H and O–H groups in total. The number of thiazole rings is 1. The van der Waals surface area contributed by atoms with Gasteiger partial charge in [-0.3, -0.25) is 9.59 Å². The third kappa shape index (κ3) is 3.39. The lowest BCUT2D eigenvalue weighted by Crippen LogP contribution is -2.17. The van der Waals surface area contributed by atoms with Crippen molar-refractivity contribution in [1.82, 2.24) is 4.98 Å². The zero-order valence-electron chi connectivity index (χ0n) is 8.81. The molecule has 92 valence electrons. The van der Waals surface area contributed by atoms with Crippen LogP contribution < -0.4 is 4.42 Å². The number of hydrogen-bond donors (Lipinski definition) is 0. The van der Waals surface area contributed by atoms with Crippen LogP contribution in [0.4, 0.5) is 5.13 Å². The molecule has 0 atom stereocenters. The minimum atomic E-state index is -0.812. The lowest BCUT2D eigenvalue weighted by atomic mass is 10.3. The minimum Gasteiger partial charge on any atom is -0.398 e. The maximum atomic E-state index is 11.1. The van der Waals surface area contributed by atoms with Crippen molar-refractivity contribution in [2.45, 2.75) is 6.92 Å². The van der Waals surface area contributed by atoms with Crippen LogP contribution in [0.5, 0.6) is 0 Å². The largest absolute Gasteiger partial charge is 0.398 e. The SMILES string of the molecule is CO/N=C(\C(=O)Cl)c1csc(N(Cl)C(C)=O)n1. The van der Waals surface area contributed by atoms with E-state index in [1.54, 1.807) is 0 Å². The Kier molecular flexibility index (Phi) is 4.86. The van der Waals surface area contributed by atoms with Crippen LogP contribution in [0.15, 0.2) is 10.5 Å². The number of carbonyl (C=O) groups excluding carboxylic acids is 2.